The third kappa shape index (κ3) is 2.19. The highest BCUT2D eigenvalue weighted by atomic mass is 14.8. The zero-order chi connectivity index (χ0) is 10.7. The number of nitrogens with zero attached hydrogens (tertiary/aromatic N) is 2. The highest BCUT2D eigenvalue weighted by molar-refractivity contribution is 5.55. The Morgan fingerprint density at radius 3 is 2.53 bits per heavy atom. The van der Waals surface area contributed by atoms with Crippen LogP contribution in [0.1, 0.15) is 18.5 Å². The van der Waals surface area contributed by atoms with E-state index in [4.69, 9.17) is 5.73 Å². The van der Waals surface area contributed by atoms with Gasteiger partial charge in [-0.2, -0.15) is 0 Å². The van der Waals surface area contributed by atoms with E-state index in [9.17, 15) is 0 Å². The van der Waals surface area contributed by atoms with Crippen molar-refractivity contribution in [2.24, 2.45) is 5.73 Å². The molecule has 1 aromatic carbocycles. The summed E-state index contributed by atoms with van der Waals surface area (Å²) >= 11 is 0. The molecular weight excluding hydrogens is 186 g/mol. The summed E-state index contributed by atoms with van der Waals surface area (Å²) < 4.78 is 0. The molecule has 1 heterocycles. The molecule has 3 heteroatoms. The average molecular weight is 199 g/mol. The summed E-state index contributed by atoms with van der Waals surface area (Å²) in [5.74, 6) is 0.736. The van der Waals surface area contributed by atoms with E-state index in [1.54, 1.807) is 18.5 Å². The van der Waals surface area contributed by atoms with Crippen LogP contribution in [-0.2, 0) is 0 Å². The van der Waals surface area contributed by atoms with Crippen LogP contribution in [0, 0.1) is 0 Å². The Balaban J connectivity index is 2.42. The number of benzene rings is 1. The first kappa shape index (κ1) is 9.80. The van der Waals surface area contributed by atoms with E-state index < -0.39 is 0 Å². The van der Waals surface area contributed by atoms with Crippen LogP contribution in [0.4, 0.5) is 0 Å². The number of hydrogen-bond acceptors (Lipinski definition) is 3. The van der Waals surface area contributed by atoms with Crippen LogP contribution in [0.2, 0.25) is 0 Å². The highest BCUT2D eigenvalue weighted by Crippen LogP contribution is 2.18. The van der Waals surface area contributed by atoms with E-state index in [0.717, 1.165) is 17.0 Å². The van der Waals surface area contributed by atoms with Gasteiger partial charge in [0.05, 0.1) is 0 Å². The van der Waals surface area contributed by atoms with E-state index in [1.807, 2.05) is 31.2 Å². The quantitative estimate of drug-likeness (QED) is 0.806. The molecule has 1 aromatic heterocycles. The van der Waals surface area contributed by atoms with E-state index in [0.29, 0.717) is 0 Å². The van der Waals surface area contributed by atoms with Gasteiger partial charge in [0.2, 0.25) is 0 Å². The maximum Gasteiger partial charge on any atom is 0.159 e. The molecule has 0 saturated carbocycles. The van der Waals surface area contributed by atoms with E-state index >= 15 is 0 Å². The van der Waals surface area contributed by atoms with Crippen molar-refractivity contribution in [3.63, 3.8) is 0 Å². The zero-order valence-corrected chi connectivity index (χ0v) is 8.59. The fourth-order valence-electron chi connectivity index (χ4n) is 1.41. The van der Waals surface area contributed by atoms with Crippen molar-refractivity contribution in [3.05, 3.63) is 48.3 Å². The lowest BCUT2D eigenvalue weighted by Gasteiger charge is -2.06. The zero-order valence-electron chi connectivity index (χ0n) is 8.59. The molecule has 0 fully saturated rings. The van der Waals surface area contributed by atoms with Crippen molar-refractivity contribution in [1.29, 1.82) is 0 Å². The van der Waals surface area contributed by atoms with Crippen molar-refractivity contribution in [3.8, 4) is 11.4 Å². The fraction of sp³-hybridized carbons (Fsp3) is 0.167. The molecule has 0 amide bonds. The Bertz CT molecular complexity index is 438. The molecule has 2 rings (SSSR count). The van der Waals surface area contributed by atoms with Crippen LogP contribution in [0.25, 0.3) is 11.4 Å². The van der Waals surface area contributed by atoms with E-state index in [-0.39, 0.29) is 6.04 Å². The Hall–Kier alpha value is -1.74. The summed E-state index contributed by atoms with van der Waals surface area (Å²) in [4.78, 5) is 8.40. The van der Waals surface area contributed by atoms with Gasteiger partial charge < -0.3 is 5.73 Å². The molecule has 0 radical (unpaired) electrons. The molecule has 1 unspecified atom stereocenters. The second-order valence-corrected chi connectivity index (χ2v) is 3.49. The van der Waals surface area contributed by atoms with Crippen molar-refractivity contribution < 1.29 is 0 Å². The SMILES string of the molecule is CC(N)c1cccc(-c2ncccn2)c1. The Morgan fingerprint density at radius 1 is 1.13 bits per heavy atom. The van der Waals surface area contributed by atoms with Crippen molar-refractivity contribution >= 4 is 0 Å². The van der Waals surface area contributed by atoms with E-state index in [2.05, 4.69) is 9.97 Å². The number of aromatic nitrogens is 2. The lowest BCUT2D eigenvalue weighted by Crippen LogP contribution is -2.04. The molecule has 1 atom stereocenters. The Labute approximate surface area is 89.0 Å². The first-order chi connectivity index (χ1) is 7.27. The third-order valence-corrected chi connectivity index (χ3v) is 2.24. The minimum Gasteiger partial charge on any atom is -0.324 e. The predicted molar refractivity (Wildman–Crippen MR) is 60.1 cm³/mol. The summed E-state index contributed by atoms with van der Waals surface area (Å²) in [7, 11) is 0. The predicted octanol–water partition coefficient (Wildman–Crippen LogP) is 2.16. The molecule has 0 spiro atoms. The summed E-state index contributed by atoms with van der Waals surface area (Å²) in [6.45, 7) is 1.96. The second-order valence-electron chi connectivity index (χ2n) is 3.49. The molecule has 15 heavy (non-hydrogen) atoms. The van der Waals surface area contributed by atoms with Crippen LogP contribution in [-0.4, -0.2) is 9.97 Å². The van der Waals surface area contributed by atoms with Gasteiger partial charge in [0.1, 0.15) is 0 Å². The van der Waals surface area contributed by atoms with Crippen LogP contribution in [0.15, 0.2) is 42.7 Å². The van der Waals surface area contributed by atoms with Crippen molar-refractivity contribution in [2.45, 2.75) is 13.0 Å². The normalized spacial score (nSPS) is 12.4. The van der Waals surface area contributed by atoms with Gasteiger partial charge in [0.15, 0.2) is 5.82 Å². The fourth-order valence-corrected chi connectivity index (χ4v) is 1.41. The molecule has 2 aromatic rings. The molecule has 76 valence electrons. The van der Waals surface area contributed by atoms with Crippen LogP contribution in [0.3, 0.4) is 0 Å². The summed E-state index contributed by atoms with van der Waals surface area (Å²) in [5.41, 5.74) is 7.92. The van der Waals surface area contributed by atoms with E-state index in [1.165, 1.54) is 0 Å². The molecule has 3 nitrogen and oxygen atoms in total. The van der Waals surface area contributed by atoms with Gasteiger partial charge in [-0.3, -0.25) is 0 Å². The molecule has 0 aliphatic carbocycles. The molecular formula is C12H13N3. The maximum atomic E-state index is 5.82. The molecule has 2 N–H and O–H groups in total. The smallest absolute Gasteiger partial charge is 0.159 e. The van der Waals surface area contributed by atoms with Gasteiger partial charge in [-0.15, -0.1) is 0 Å². The van der Waals surface area contributed by atoms with Crippen LogP contribution in [0.5, 0.6) is 0 Å². The van der Waals surface area contributed by atoms with Gasteiger partial charge in [0, 0.05) is 24.0 Å². The number of hydrogen-bond donors (Lipinski definition) is 1. The third-order valence-electron chi connectivity index (χ3n) is 2.24. The minimum atomic E-state index is 0.0358. The van der Waals surface area contributed by atoms with Gasteiger partial charge in [0.25, 0.3) is 0 Å². The largest absolute Gasteiger partial charge is 0.324 e. The topological polar surface area (TPSA) is 51.8 Å². The number of nitrogens with two attached hydrogens (primary N) is 1. The van der Waals surface area contributed by atoms with Gasteiger partial charge >= 0.3 is 0 Å². The lowest BCUT2D eigenvalue weighted by molar-refractivity contribution is 0.818. The highest BCUT2D eigenvalue weighted by Gasteiger charge is 2.03. The summed E-state index contributed by atoms with van der Waals surface area (Å²) in [6.07, 6.45) is 3.47. The first-order valence-corrected chi connectivity index (χ1v) is 4.90. The maximum absolute atomic E-state index is 5.82. The second kappa shape index (κ2) is 4.19. The Kier molecular flexibility index (Phi) is 2.74. The monoisotopic (exact) mass is 199 g/mol. The summed E-state index contributed by atoms with van der Waals surface area (Å²) in [6, 6.07) is 9.84. The van der Waals surface area contributed by atoms with Gasteiger partial charge in [-0.1, -0.05) is 18.2 Å². The van der Waals surface area contributed by atoms with Crippen molar-refractivity contribution in [2.75, 3.05) is 0 Å². The molecule has 0 aliphatic rings. The standard InChI is InChI=1S/C12H13N3/c1-9(13)10-4-2-5-11(8-10)12-14-6-3-7-15-12/h2-9H,13H2,1H3. The van der Waals surface area contributed by atoms with Gasteiger partial charge in [-0.05, 0) is 24.6 Å². The minimum absolute atomic E-state index is 0.0358. The molecule has 0 aliphatic heterocycles. The summed E-state index contributed by atoms with van der Waals surface area (Å²) in [5, 5.41) is 0. The average Bonchev–Trinajstić information content (AvgIpc) is 2.30. The van der Waals surface area contributed by atoms with Crippen LogP contribution < -0.4 is 5.73 Å². The Morgan fingerprint density at radius 2 is 1.87 bits per heavy atom. The molecule has 0 saturated heterocycles. The molecule has 0 bridgehead atoms. The van der Waals surface area contributed by atoms with Crippen LogP contribution >= 0.6 is 0 Å². The van der Waals surface area contributed by atoms with Gasteiger partial charge in [-0.25, -0.2) is 9.97 Å². The lowest BCUT2D eigenvalue weighted by atomic mass is 10.1. The first-order valence-electron chi connectivity index (χ1n) is 4.90. The van der Waals surface area contributed by atoms with Crippen molar-refractivity contribution in [1.82, 2.24) is 9.97 Å². The number of rotatable bonds is 2.